The number of hydrogen-bond donors (Lipinski definition) is 1. The summed E-state index contributed by atoms with van der Waals surface area (Å²) in [6.45, 7) is 2.06. The first-order chi connectivity index (χ1) is 15.0. The van der Waals surface area contributed by atoms with Crippen molar-refractivity contribution >= 4 is 27.9 Å². The molecule has 0 radical (unpaired) electrons. The number of rotatable bonds is 7. The molecule has 2 aromatic carbocycles. The van der Waals surface area contributed by atoms with Gasteiger partial charge in [-0.25, -0.2) is 4.98 Å². The minimum atomic E-state index is -0.153. The van der Waals surface area contributed by atoms with Gasteiger partial charge in [0.25, 0.3) is 0 Å². The minimum Gasteiger partial charge on any atom is -0.493 e. The van der Waals surface area contributed by atoms with Crippen molar-refractivity contribution in [2.45, 2.75) is 13.3 Å². The van der Waals surface area contributed by atoms with Crippen molar-refractivity contribution in [2.24, 2.45) is 0 Å². The van der Waals surface area contributed by atoms with Crippen LogP contribution < -0.4 is 19.5 Å². The Bertz CT molecular complexity index is 1200. The largest absolute Gasteiger partial charge is 0.493 e. The van der Waals surface area contributed by atoms with Crippen LogP contribution in [-0.2, 0) is 11.2 Å². The number of hydrogen-bond acceptors (Lipinski definition) is 6. The highest BCUT2D eigenvalue weighted by Crippen LogP contribution is 2.40. The molecule has 8 heteroatoms. The number of aromatic nitrogens is 2. The van der Waals surface area contributed by atoms with E-state index in [0.717, 1.165) is 21.9 Å². The Hall–Kier alpha value is -3.52. The molecule has 0 aliphatic rings. The molecule has 1 N–H and O–H groups in total. The summed E-state index contributed by atoms with van der Waals surface area (Å²) in [7, 11) is 4.61. The molecule has 4 rings (SSSR count). The first-order valence-electron chi connectivity index (χ1n) is 9.64. The molecule has 2 aromatic heterocycles. The Morgan fingerprint density at radius 1 is 1.06 bits per heavy atom. The molecule has 31 heavy (non-hydrogen) atoms. The average molecular weight is 438 g/mol. The zero-order chi connectivity index (χ0) is 22.0. The molecule has 160 valence electrons. The van der Waals surface area contributed by atoms with Crippen LogP contribution in [-0.4, -0.2) is 36.6 Å². The Balaban J connectivity index is 1.54. The number of methoxy groups -OCH3 is 3. The molecule has 0 aliphatic carbocycles. The van der Waals surface area contributed by atoms with E-state index in [1.54, 1.807) is 12.1 Å². The van der Waals surface area contributed by atoms with Crippen LogP contribution in [0.1, 0.15) is 11.3 Å². The second-order valence-corrected chi connectivity index (χ2v) is 7.85. The quantitative estimate of drug-likeness (QED) is 0.458. The second kappa shape index (κ2) is 8.69. The van der Waals surface area contributed by atoms with E-state index in [4.69, 9.17) is 19.2 Å². The van der Waals surface area contributed by atoms with Crippen LogP contribution in [0.3, 0.4) is 0 Å². The molecule has 0 atom stereocenters. The van der Waals surface area contributed by atoms with Crippen LogP contribution in [0, 0.1) is 6.92 Å². The zero-order valence-corrected chi connectivity index (χ0v) is 18.6. The summed E-state index contributed by atoms with van der Waals surface area (Å²) in [5.74, 6) is 1.28. The molecule has 0 spiro atoms. The van der Waals surface area contributed by atoms with E-state index in [9.17, 15) is 4.79 Å². The Morgan fingerprint density at radius 3 is 2.35 bits per heavy atom. The first kappa shape index (κ1) is 20.7. The monoisotopic (exact) mass is 437 g/mol. The number of ether oxygens (including phenoxy) is 3. The third-order valence-electron chi connectivity index (χ3n) is 4.92. The predicted octanol–water partition coefficient (Wildman–Crippen LogP) is 4.58. The van der Waals surface area contributed by atoms with E-state index in [2.05, 4.69) is 36.5 Å². The van der Waals surface area contributed by atoms with Gasteiger partial charge in [0.1, 0.15) is 0 Å². The van der Waals surface area contributed by atoms with Crippen LogP contribution >= 0.6 is 11.3 Å². The van der Waals surface area contributed by atoms with E-state index in [1.165, 1.54) is 38.2 Å². The number of imidazole rings is 1. The van der Waals surface area contributed by atoms with Crippen LogP contribution in [0.15, 0.2) is 48.0 Å². The lowest BCUT2D eigenvalue weighted by Crippen LogP contribution is -2.15. The number of carbonyl (C=O) groups excluding carboxylic acids is 1. The predicted molar refractivity (Wildman–Crippen MR) is 122 cm³/mol. The van der Waals surface area contributed by atoms with Gasteiger partial charge in [0.05, 0.1) is 33.4 Å². The third-order valence-corrected chi connectivity index (χ3v) is 5.81. The maximum atomic E-state index is 12.7. The topological polar surface area (TPSA) is 74.1 Å². The number of thiazole rings is 1. The van der Waals surface area contributed by atoms with Crippen molar-refractivity contribution in [3.63, 3.8) is 0 Å². The van der Waals surface area contributed by atoms with Gasteiger partial charge < -0.3 is 19.5 Å². The molecule has 0 fully saturated rings. The number of carbonyl (C=O) groups is 1. The van der Waals surface area contributed by atoms with Crippen LogP contribution in [0.5, 0.6) is 17.2 Å². The maximum Gasteiger partial charge on any atom is 0.230 e. The SMILES string of the molecule is COc1cc(NC(=O)Cc2csc3nc(-c4ccc(C)cc4)cn23)cc(OC)c1OC. The fraction of sp³-hybridized carbons (Fsp3) is 0.217. The van der Waals surface area contributed by atoms with E-state index in [-0.39, 0.29) is 12.3 Å². The number of aryl methyl sites for hydroxylation is 1. The lowest BCUT2D eigenvalue weighted by Gasteiger charge is -2.14. The Kier molecular flexibility index (Phi) is 5.81. The summed E-state index contributed by atoms with van der Waals surface area (Å²) in [5.41, 5.74) is 4.58. The van der Waals surface area contributed by atoms with Gasteiger partial charge >= 0.3 is 0 Å². The standard InChI is InChI=1S/C23H23N3O4S/c1-14-5-7-15(8-6-14)18-12-26-17(13-31-23(26)25-18)11-21(27)24-16-9-19(28-2)22(30-4)20(10-16)29-3/h5-10,12-13H,11H2,1-4H3,(H,24,27). The fourth-order valence-corrected chi connectivity index (χ4v) is 4.22. The molecule has 0 saturated heterocycles. The fourth-order valence-electron chi connectivity index (χ4n) is 3.34. The van der Waals surface area contributed by atoms with Crippen molar-refractivity contribution in [1.82, 2.24) is 9.38 Å². The van der Waals surface area contributed by atoms with Gasteiger partial charge in [0.15, 0.2) is 16.5 Å². The highest BCUT2D eigenvalue weighted by atomic mass is 32.1. The summed E-state index contributed by atoms with van der Waals surface area (Å²) < 4.78 is 18.0. The molecular formula is C23H23N3O4S. The van der Waals surface area contributed by atoms with Crippen molar-refractivity contribution in [3.05, 3.63) is 59.2 Å². The Labute approximate surface area is 184 Å². The summed E-state index contributed by atoms with van der Waals surface area (Å²) in [4.78, 5) is 18.3. The first-order valence-corrected chi connectivity index (χ1v) is 10.5. The summed E-state index contributed by atoms with van der Waals surface area (Å²) >= 11 is 1.51. The van der Waals surface area contributed by atoms with Crippen molar-refractivity contribution < 1.29 is 19.0 Å². The summed E-state index contributed by atoms with van der Waals surface area (Å²) in [6, 6.07) is 11.6. The number of nitrogens with one attached hydrogen (secondary N) is 1. The lowest BCUT2D eigenvalue weighted by atomic mass is 10.1. The smallest absolute Gasteiger partial charge is 0.230 e. The van der Waals surface area contributed by atoms with Crippen molar-refractivity contribution in [3.8, 4) is 28.5 Å². The van der Waals surface area contributed by atoms with Crippen LogP contribution in [0.2, 0.25) is 0 Å². The molecule has 2 heterocycles. The number of nitrogens with zero attached hydrogens (tertiary/aromatic N) is 2. The second-order valence-electron chi connectivity index (χ2n) is 7.01. The van der Waals surface area contributed by atoms with E-state index >= 15 is 0 Å². The molecule has 1 amide bonds. The molecule has 0 bridgehead atoms. The summed E-state index contributed by atoms with van der Waals surface area (Å²) in [6.07, 6.45) is 2.18. The van der Waals surface area contributed by atoms with E-state index in [0.29, 0.717) is 22.9 Å². The van der Waals surface area contributed by atoms with Gasteiger partial charge in [-0.15, -0.1) is 11.3 Å². The third kappa shape index (κ3) is 4.20. The highest BCUT2D eigenvalue weighted by Gasteiger charge is 2.16. The number of anilines is 1. The molecule has 7 nitrogen and oxygen atoms in total. The van der Waals surface area contributed by atoms with Gasteiger partial charge in [0.2, 0.25) is 11.7 Å². The number of benzene rings is 2. The molecular weight excluding hydrogens is 414 g/mol. The van der Waals surface area contributed by atoms with E-state index < -0.39 is 0 Å². The number of fused-ring (bicyclic) bond motifs is 1. The zero-order valence-electron chi connectivity index (χ0n) is 17.8. The maximum absolute atomic E-state index is 12.7. The van der Waals surface area contributed by atoms with Gasteiger partial charge in [-0.2, -0.15) is 0 Å². The molecule has 0 unspecified atom stereocenters. The van der Waals surface area contributed by atoms with Gasteiger partial charge in [-0.05, 0) is 6.92 Å². The lowest BCUT2D eigenvalue weighted by molar-refractivity contribution is -0.115. The van der Waals surface area contributed by atoms with Gasteiger partial charge in [0, 0.05) is 40.7 Å². The van der Waals surface area contributed by atoms with E-state index in [1.807, 2.05) is 16.0 Å². The molecule has 0 aliphatic heterocycles. The van der Waals surface area contributed by atoms with Crippen LogP contribution in [0.25, 0.3) is 16.2 Å². The van der Waals surface area contributed by atoms with Crippen LogP contribution in [0.4, 0.5) is 5.69 Å². The average Bonchev–Trinajstić information content (AvgIpc) is 3.35. The molecule has 0 saturated carbocycles. The molecule has 4 aromatic rings. The summed E-state index contributed by atoms with van der Waals surface area (Å²) in [5, 5.41) is 4.86. The highest BCUT2D eigenvalue weighted by molar-refractivity contribution is 7.15. The Morgan fingerprint density at radius 2 is 1.74 bits per heavy atom. The number of amides is 1. The van der Waals surface area contributed by atoms with Crippen molar-refractivity contribution in [1.29, 1.82) is 0 Å². The minimum absolute atomic E-state index is 0.153. The normalized spacial score (nSPS) is 10.8. The van der Waals surface area contributed by atoms with Gasteiger partial charge in [-0.1, -0.05) is 29.8 Å². The van der Waals surface area contributed by atoms with Crippen molar-refractivity contribution in [2.75, 3.05) is 26.6 Å². The van der Waals surface area contributed by atoms with Gasteiger partial charge in [-0.3, -0.25) is 9.20 Å².